The second-order valence-electron chi connectivity index (χ2n) is 4.08. The maximum absolute atomic E-state index is 10.6. The summed E-state index contributed by atoms with van der Waals surface area (Å²) in [5, 5.41) is 0. The summed E-state index contributed by atoms with van der Waals surface area (Å²) >= 11 is 3.53. The van der Waals surface area contributed by atoms with Gasteiger partial charge in [-0.15, -0.1) is 0 Å². The van der Waals surface area contributed by atoms with Crippen molar-refractivity contribution in [3.63, 3.8) is 0 Å². The van der Waals surface area contributed by atoms with Crippen molar-refractivity contribution in [2.75, 3.05) is 0 Å². The number of hydrogen-bond donors (Lipinski definition) is 0. The van der Waals surface area contributed by atoms with Crippen LogP contribution < -0.4 is 0 Å². The van der Waals surface area contributed by atoms with Crippen LogP contribution in [0.15, 0.2) is 40.9 Å². The number of rotatable bonds is 2. The summed E-state index contributed by atoms with van der Waals surface area (Å²) in [4.78, 5) is 10.6. The molecule has 2 aromatic carbocycles. The van der Waals surface area contributed by atoms with E-state index in [1.807, 2.05) is 24.3 Å². The van der Waals surface area contributed by atoms with Gasteiger partial charge < -0.3 is 0 Å². The Kier molecular flexibility index (Phi) is 3.43. The van der Waals surface area contributed by atoms with Crippen molar-refractivity contribution in [2.24, 2.45) is 0 Å². The van der Waals surface area contributed by atoms with Crippen LogP contribution in [-0.2, 0) is 0 Å². The SMILES string of the molecule is Cc1c(Br)ccc(-c2ccc(C=O)cc2)c1C. The Morgan fingerprint density at radius 3 is 2.18 bits per heavy atom. The van der Waals surface area contributed by atoms with Crippen molar-refractivity contribution in [2.45, 2.75) is 13.8 Å². The zero-order valence-corrected chi connectivity index (χ0v) is 11.4. The van der Waals surface area contributed by atoms with E-state index in [1.165, 1.54) is 16.7 Å². The Hall–Kier alpha value is -1.41. The van der Waals surface area contributed by atoms with E-state index in [0.29, 0.717) is 5.56 Å². The molecule has 0 amide bonds. The number of halogens is 1. The molecule has 86 valence electrons. The third-order valence-electron chi connectivity index (χ3n) is 3.08. The van der Waals surface area contributed by atoms with Gasteiger partial charge >= 0.3 is 0 Å². The quantitative estimate of drug-likeness (QED) is 0.741. The predicted molar refractivity (Wildman–Crippen MR) is 74.4 cm³/mol. The van der Waals surface area contributed by atoms with Gasteiger partial charge in [0, 0.05) is 10.0 Å². The summed E-state index contributed by atoms with van der Waals surface area (Å²) in [5.41, 5.74) is 5.58. The van der Waals surface area contributed by atoms with Crippen LogP contribution in [0.4, 0.5) is 0 Å². The lowest BCUT2D eigenvalue weighted by molar-refractivity contribution is 0.112. The van der Waals surface area contributed by atoms with Crippen molar-refractivity contribution in [3.8, 4) is 11.1 Å². The average Bonchev–Trinajstić information content (AvgIpc) is 2.36. The van der Waals surface area contributed by atoms with Gasteiger partial charge in [-0.3, -0.25) is 4.79 Å². The number of hydrogen-bond acceptors (Lipinski definition) is 1. The Bertz CT molecular complexity index is 556. The molecule has 0 aliphatic heterocycles. The first-order valence-electron chi connectivity index (χ1n) is 5.45. The summed E-state index contributed by atoms with van der Waals surface area (Å²) in [5.74, 6) is 0. The maximum Gasteiger partial charge on any atom is 0.150 e. The molecule has 0 aliphatic carbocycles. The Labute approximate surface area is 110 Å². The first-order valence-corrected chi connectivity index (χ1v) is 6.24. The first kappa shape index (κ1) is 12.1. The van der Waals surface area contributed by atoms with E-state index < -0.39 is 0 Å². The Balaban J connectivity index is 2.53. The van der Waals surface area contributed by atoms with Crippen molar-refractivity contribution in [1.82, 2.24) is 0 Å². The largest absolute Gasteiger partial charge is 0.298 e. The second kappa shape index (κ2) is 4.84. The van der Waals surface area contributed by atoms with E-state index in [0.717, 1.165) is 16.3 Å². The fraction of sp³-hybridized carbons (Fsp3) is 0.133. The molecular formula is C15H13BrO. The van der Waals surface area contributed by atoms with Gasteiger partial charge in [0.15, 0.2) is 0 Å². The van der Waals surface area contributed by atoms with Gasteiger partial charge in [-0.2, -0.15) is 0 Å². The Morgan fingerprint density at radius 2 is 1.59 bits per heavy atom. The molecule has 0 spiro atoms. The van der Waals surface area contributed by atoms with Crippen molar-refractivity contribution in [1.29, 1.82) is 0 Å². The molecule has 0 radical (unpaired) electrons. The first-order chi connectivity index (χ1) is 8.13. The van der Waals surface area contributed by atoms with E-state index in [1.54, 1.807) is 0 Å². The molecule has 2 heteroatoms. The highest BCUT2D eigenvalue weighted by molar-refractivity contribution is 9.10. The van der Waals surface area contributed by atoms with Crippen LogP contribution in [0.2, 0.25) is 0 Å². The molecule has 2 aromatic rings. The van der Waals surface area contributed by atoms with Gasteiger partial charge in [0.2, 0.25) is 0 Å². The van der Waals surface area contributed by atoms with Crippen molar-refractivity contribution >= 4 is 22.2 Å². The van der Waals surface area contributed by atoms with E-state index >= 15 is 0 Å². The topological polar surface area (TPSA) is 17.1 Å². The van der Waals surface area contributed by atoms with Crippen LogP contribution in [0, 0.1) is 13.8 Å². The van der Waals surface area contributed by atoms with Gasteiger partial charge in [0.1, 0.15) is 6.29 Å². The van der Waals surface area contributed by atoms with Crippen LogP contribution in [0.3, 0.4) is 0 Å². The molecule has 0 saturated carbocycles. The zero-order chi connectivity index (χ0) is 12.4. The van der Waals surface area contributed by atoms with Crippen molar-refractivity contribution < 1.29 is 4.79 Å². The third kappa shape index (κ3) is 2.32. The molecule has 0 bridgehead atoms. The van der Waals surface area contributed by atoms with Gasteiger partial charge in [-0.05, 0) is 42.2 Å². The van der Waals surface area contributed by atoms with E-state index in [9.17, 15) is 4.79 Å². The van der Waals surface area contributed by atoms with Crippen LogP contribution in [0.1, 0.15) is 21.5 Å². The average molecular weight is 289 g/mol. The fourth-order valence-corrected chi connectivity index (χ4v) is 2.27. The molecular weight excluding hydrogens is 276 g/mol. The number of benzene rings is 2. The molecule has 0 saturated heterocycles. The van der Waals surface area contributed by atoms with Gasteiger partial charge in [0.05, 0.1) is 0 Å². The summed E-state index contributed by atoms with van der Waals surface area (Å²) in [6.45, 7) is 4.21. The molecule has 0 fully saturated rings. The van der Waals surface area contributed by atoms with Crippen LogP contribution >= 0.6 is 15.9 Å². The third-order valence-corrected chi connectivity index (χ3v) is 3.94. The minimum atomic E-state index is 0.709. The minimum absolute atomic E-state index is 0.709. The Morgan fingerprint density at radius 1 is 0.941 bits per heavy atom. The fourth-order valence-electron chi connectivity index (χ4n) is 1.84. The minimum Gasteiger partial charge on any atom is -0.298 e. The summed E-state index contributed by atoms with van der Waals surface area (Å²) < 4.78 is 1.13. The van der Waals surface area contributed by atoms with E-state index in [-0.39, 0.29) is 0 Å². The molecule has 2 rings (SSSR count). The summed E-state index contributed by atoms with van der Waals surface area (Å²) in [6.07, 6.45) is 0.865. The number of aldehydes is 1. The van der Waals surface area contributed by atoms with E-state index in [2.05, 4.69) is 41.9 Å². The molecule has 1 nitrogen and oxygen atoms in total. The van der Waals surface area contributed by atoms with Crippen LogP contribution in [0.25, 0.3) is 11.1 Å². The normalized spacial score (nSPS) is 10.3. The summed E-state index contributed by atoms with van der Waals surface area (Å²) in [7, 11) is 0. The highest BCUT2D eigenvalue weighted by atomic mass is 79.9. The summed E-state index contributed by atoms with van der Waals surface area (Å²) in [6, 6.07) is 11.8. The monoisotopic (exact) mass is 288 g/mol. The van der Waals surface area contributed by atoms with Crippen LogP contribution in [-0.4, -0.2) is 6.29 Å². The lowest BCUT2D eigenvalue weighted by atomic mass is 9.96. The second-order valence-corrected chi connectivity index (χ2v) is 4.94. The lowest BCUT2D eigenvalue weighted by Gasteiger charge is -2.10. The van der Waals surface area contributed by atoms with Crippen molar-refractivity contribution in [3.05, 3.63) is 57.6 Å². The molecule has 0 aliphatic rings. The smallest absolute Gasteiger partial charge is 0.150 e. The predicted octanol–water partition coefficient (Wildman–Crippen LogP) is 4.55. The number of carbonyl (C=O) groups excluding carboxylic acids is 1. The van der Waals surface area contributed by atoms with Gasteiger partial charge in [-0.25, -0.2) is 0 Å². The standard InChI is InChI=1S/C15H13BrO/c1-10-11(2)15(16)8-7-14(10)13-5-3-12(9-17)4-6-13/h3-9H,1-2H3. The highest BCUT2D eigenvalue weighted by Crippen LogP contribution is 2.29. The molecule has 0 atom stereocenters. The van der Waals surface area contributed by atoms with Crippen LogP contribution in [0.5, 0.6) is 0 Å². The maximum atomic E-state index is 10.6. The lowest BCUT2D eigenvalue weighted by Crippen LogP contribution is -1.89. The van der Waals surface area contributed by atoms with Gasteiger partial charge in [-0.1, -0.05) is 46.3 Å². The van der Waals surface area contributed by atoms with Gasteiger partial charge in [0.25, 0.3) is 0 Å². The highest BCUT2D eigenvalue weighted by Gasteiger charge is 2.06. The van der Waals surface area contributed by atoms with E-state index in [4.69, 9.17) is 0 Å². The molecule has 0 N–H and O–H groups in total. The molecule has 0 aromatic heterocycles. The number of carbonyl (C=O) groups is 1. The molecule has 17 heavy (non-hydrogen) atoms. The molecule has 0 heterocycles. The molecule has 0 unspecified atom stereocenters. The zero-order valence-electron chi connectivity index (χ0n) is 9.83.